The van der Waals surface area contributed by atoms with Gasteiger partial charge in [-0.1, -0.05) is 45.1 Å². The Morgan fingerprint density at radius 2 is 1.56 bits per heavy atom. The predicted molar refractivity (Wildman–Crippen MR) is 107 cm³/mol. The monoisotopic (exact) mass is 378 g/mol. The molecule has 1 aromatic carbocycles. The summed E-state index contributed by atoms with van der Waals surface area (Å²) in [4.78, 5) is 0. The average molecular weight is 379 g/mol. The molecule has 2 aliphatic carbocycles. The van der Waals surface area contributed by atoms with Crippen LogP contribution in [0.25, 0.3) is 0 Å². The van der Waals surface area contributed by atoms with E-state index in [1.807, 2.05) is 0 Å². The van der Waals surface area contributed by atoms with Crippen molar-refractivity contribution in [1.29, 1.82) is 0 Å². The van der Waals surface area contributed by atoms with Gasteiger partial charge < -0.3 is 4.74 Å². The van der Waals surface area contributed by atoms with Gasteiger partial charge in [-0.3, -0.25) is 0 Å². The predicted octanol–water partition coefficient (Wildman–Crippen LogP) is 7.32. The van der Waals surface area contributed by atoms with Crippen LogP contribution < -0.4 is 4.74 Å². The molecule has 2 saturated carbocycles. The normalized spacial score (nSPS) is 28.4. The second-order valence-electron chi connectivity index (χ2n) is 8.83. The van der Waals surface area contributed by atoms with E-state index in [-0.39, 0.29) is 5.75 Å². The lowest BCUT2D eigenvalue weighted by Crippen LogP contribution is -2.21. The van der Waals surface area contributed by atoms with Gasteiger partial charge >= 0.3 is 0 Å². The molecule has 2 unspecified atom stereocenters. The van der Waals surface area contributed by atoms with Crippen LogP contribution in [0.2, 0.25) is 0 Å². The van der Waals surface area contributed by atoms with Crippen molar-refractivity contribution in [3.8, 4) is 5.75 Å². The van der Waals surface area contributed by atoms with Crippen molar-refractivity contribution in [3.05, 3.63) is 29.3 Å². The van der Waals surface area contributed by atoms with Gasteiger partial charge in [0.1, 0.15) is 0 Å². The molecule has 0 aliphatic heterocycles. The lowest BCUT2D eigenvalue weighted by atomic mass is 9.73. The number of aryl methyl sites for hydroxylation is 1. The minimum atomic E-state index is -0.832. The van der Waals surface area contributed by atoms with Crippen LogP contribution in [-0.4, -0.2) is 6.61 Å². The molecule has 3 rings (SSSR count). The Kier molecular flexibility index (Phi) is 7.55. The molecule has 0 radical (unpaired) electrons. The summed E-state index contributed by atoms with van der Waals surface area (Å²) in [5.41, 5.74) is 0.497. The van der Waals surface area contributed by atoms with Crippen LogP contribution in [-0.2, 0) is 6.42 Å². The summed E-state index contributed by atoms with van der Waals surface area (Å²) in [5.74, 6) is 2.00. The van der Waals surface area contributed by atoms with E-state index in [2.05, 4.69) is 6.92 Å². The van der Waals surface area contributed by atoms with E-state index < -0.39 is 11.6 Å². The highest BCUT2D eigenvalue weighted by Crippen LogP contribution is 2.44. The van der Waals surface area contributed by atoms with Gasteiger partial charge in [0.25, 0.3) is 0 Å². The molecule has 0 spiro atoms. The molecule has 0 N–H and O–H groups in total. The largest absolute Gasteiger partial charge is 0.491 e. The molecular weight excluding hydrogens is 342 g/mol. The molecule has 0 saturated heterocycles. The van der Waals surface area contributed by atoms with E-state index in [1.54, 1.807) is 19.1 Å². The Balaban J connectivity index is 1.44. The minimum absolute atomic E-state index is 0.0252. The molecule has 0 aromatic heterocycles. The zero-order valence-electron chi connectivity index (χ0n) is 17.1. The van der Waals surface area contributed by atoms with Crippen molar-refractivity contribution in [3.63, 3.8) is 0 Å². The molecule has 1 aromatic rings. The zero-order valence-corrected chi connectivity index (χ0v) is 17.1. The number of ether oxygens (including phenoxy) is 1. The maximum absolute atomic E-state index is 14.3. The third kappa shape index (κ3) is 5.23. The highest BCUT2D eigenvalue weighted by atomic mass is 19.2. The number of hydrogen-bond donors (Lipinski definition) is 0. The van der Waals surface area contributed by atoms with Gasteiger partial charge in [-0.05, 0) is 80.8 Å². The fourth-order valence-corrected chi connectivity index (χ4v) is 5.55. The Labute approximate surface area is 163 Å². The van der Waals surface area contributed by atoms with Crippen molar-refractivity contribution in [2.75, 3.05) is 6.61 Å². The van der Waals surface area contributed by atoms with Gasteiger partial charge in [0.2, 0.25) is 5.82 Å². The topological polar surface area (TPSA) is 9.23 Å². The number of hydrogen-bond acceptors (Lipinski definition) is 1. The van der Waals surface area contributed by atoms with Crippen molar-refractivity contribution in [2.45, 2.75) is 84.5 Å². The number of benzene rings is 1. The first-order valence-electron chi connectivity index (χ1n) is 11.2. The molecule has 0 bridgehead atoms. The smallest absolute Gasteiger partial charge is 0.200 e. The Bertz CT molecular complexity index is 592. The van der Waals surface area contributed by atoms with Crippen LogP contribution in [0.3, 0.4) is 0 Å². The summed E-state index contributed by atoms with van der Waals surface area (Å²) in [6.45, 7) is 4.42. The van der Waals surface area contributed by atoms with Crippen molar-refractivity contribution >= 4 is 0 Å². The van der Waals surface area contributed by atoms with Crippen molar-refractivity contribution < 1.29 is 13.5 Å². The Morgan fingerprint density at radius 3 is 2.26 bits per heavy atom. The highest BCUT2D eigenvalue weighted by molar-refractivity contribution is 5.31. The molecule has 27 heavy (non-hydrogen) atoms. The molecule has 0 amide bonds. The van der Waals surface area contributed by atoms with Crippen LogP contribution >= 0.6 is 0 Å². The van der Waals surface area contributed by atoms with Crippen LogP contribution in [0.5, 0.6) is 5.75 Å². The maximum atomic E-state index is 14.3. The van der Waals surface area contributed by atoms with Gasteiger partial charge in [0.05, 0.1) is 6.61 Å². The van der Waals surface area contributed by atoms with E-state index in [9.17, 15) is 8.78 Å². The fourth-order valence-electron chi connectivity index (χ4n) is 5.55. The van der Waals surface area contributed by atoms with E-state index in [0.29, 0.717) is 24.5 Å². The average Bonchev–Trinajstić information content (AvgIpc) is 3.14. The lowest BCUT2D eigenvalue weighted by Gasteiger charge is -2.32. The molecule has 2 fully saturated rings. The molecule has 0 heterocycles. The standard InChI is InChI=1S/C24H36F2O/c1-3-5-18-9-13-21(16-18)19-10-6-17(7-11-19)8-12-20-14-15-22(27-4-2)24(26)23(20)25/h14-15,17-19,21H,3-13,16H2,1-2H3. The zero-order chi connectivity index (χ0) is 19.2. The van der Waals surface area contributed by atoms with E-state index in [1.165, 1.54) is 57.8 Å². The SMILES string of the molecule is CCCC1CCC(C2CCC(CCc3ccc(OCC)c(F)c3F)CC2)C1. The fraction of sp³-hybridized carbons (Fsp3) is 0.750. The summed E-state index contributed by atoms with van der Waals surface area (Å²) in [6, 6.07) is 3.27. The van der Waals surface area contributed by atoms with E-state index in [4.69, 9.17) is 4.74 Å². The second-order valence-corrected chi connectivity index (χ2v) is 8.83. The summed E-state index contributed by atoms with van der Waals surface area (Å²) in [7, 11) is 0. The molecule has 152 valence electrons. The quantitative estimate of drug-likeness (QED) is 0.460. The maximum Gasteiger partial charge on any atom is 0.200 e. The van der Waals surface area contributed by atoms with Gasteiger partial charge in [-0.2, -0.15) is 4.39 Å². The minimum Gasteiger partial charge on any atom is -0.491 e. The lowest BCUT2D eigenvalue weighted by molar-refractivity contribution is 0.196. The Morgan fingerprint density at radius 1 is 0.852 bits per heavy atom. The first-order valence-corrected chi connectivity index (χ1v) is 11.2. The van der Waals surface area contributed by atoms with Crippen LogP contribution in [0, 0.1) is 35.3 Å². The van der Waals surface area contributed by atoms with Crippen molar-refractivity contribution in [2.24, 2.45) is 23.7 Å². The van der Waals surface area contributed by atoms with E-state index in [0.717, 1.165) is 24.2 Å². The Hall–Kier alpha value is -1.12. The van der Waals surface area contributed by atoms with E-state index >= 15 is 0 Å². The van der Waals surface area contributed by atoms with Gasteiger partial charge in [0, 0.05) is 0 Å². The van der Waals surface area contributed by atoms with Gasteiger partial charge in [0.15, 0.2) is 11.6 Å². The number of rotatable bonds is 8. The summed E-state index contributed by atoms with van der Waals surface area (Å²) < 4.78 is 33.4. The highest BCUT2D eigenvalue weighted by Gasteiger charge is 2.32. The molecule has 2 atom stereocenters. The molecule has 2 aliphatic rings. The van der Waals surface area contributed by atoms with Crippen LogP contribution in [0.15, 0.2) is 12.1 Å². The first-order chi connectivity index (χ1) is 13.1. The molecular formula is C24H36F2O. The first kappa shape index (κ1) is 20.6. The van der Waals surface area contributed by atoms with Gasteiger partial charge in [-0.15, -0.1) is 0 Å². The third-order valence-corrected chi connectivity index (χ3v) is 7.09. The number of halogens is 2. The second kappa shape index (κ2) is 9.89. The van der Waals surface area contributed by atoms with Crippen molar-refractivity contribution in [1.82, 2.24) is 0 Å². The molecule has 1 nitrogen and oxygen atoms in total. The summed E-state index contributed by atoms with van der Waals surface area (Å²) in [6.07, 6.45) is 13.9. The third-order valence-electron chi connectivity index (χ3n) is 7.09. The van der Waals surface area contributed by atoms with Crippen LogP contribution in [0.4, 0.5) is 8.78 Å². The summed E-state index contributed by atoms with van der Waals surface area (Å²) in [5, 5.41) is 0. The molecule has 3 heteroatoms. The summed E-state index contributed by atoms with van der Waals surface area (Å²) >= 11 is 0. The van der Waals surface area contributed by atoms with Crippen LogP contribution in [0.1, 0.15) is 83.6 Å². The van der Waals surface area contributed by atoms with Gasteiger partial charge in [-0.25, -0.2) is 4.39 Å².